The number of carbonyl (C=O) groups excluding carboxylic acids is 2. The molecule has 14 nitrogen and oxygen atoms in total. The molecular weight excluding hydrogens is 693 g/mol. The number of benzene rings is 2. The van der Waals surface area contributed by atoms with Crippen molar-refractivity contribution in [1.29, 1.82) is 0 Å². The van der Waals surface area contributed by atoms with Gasteiger partial charge in [-0.25, -0.2) is 14.5 Å². The number of aromatic nitrogens is 3. The lowest BCUT2D eigenvalue weighted by atomic mass is 9.91. The number of nitrogens with zero attached hydrogens (tertiary/aromatic N) is 5. The lowest BCUT2D eigenvalue weighted by Gasteiger charge is -2.37. The normalized spacial score (nSPS) is 17.5. The lowest BCUT2D eigenvalue weighted by Crippen LogP contribution is -2.51. The first kappa shape index (κ1) is 38.9. The number of rotatable bonds is 15. The average molecular weight is 744 g/mol. The van der Waals surface area contributed by atoms with Crippen LogP contribution in [0.3, 0.4) is 0 Å². The lowest BCUT2D eigenvalue weighted by molar-refractivity contribution is -0.134. The monoisotopic (exact) mass is 743 g/mol. The second-order valence-corrected chi connectivity index (χ2v) is 13.9. The van der Waals surface area contributed by atoms with Crippen LogP contribution in [0.15, 0.2) is 59.5 Å². The molecule has 2 atom stereocenters. The van der Waals surface area contributed by atoms with Gasteiger partial charge in [0.2, 0.25) is 5.91 Å². The second kappa shape index (κ2) is 18.5. The molecule has 2 aliphatic rings. The predicted octanol–water partition coefficient (Wildman–Crippen LogP) is 2.00. The highest BCUT2D eigenvalue weighted by Gasteiger charge is 2.28. The van der Waals surface area contributed by atoms with Gasteiger partial charge in [0.25, 0.3) is 11.5 Å². The number of likely N-dealkylation sites (tertiary alicyclic amines) is 1. The van der Waals surface area contributed by atoms with Gasteiger partial charge in [0, 0.05) is 69.4 Å². The third-order valence-electron chi connectivity index (χ3n) is 10.3. The van der Waals surface area contributed by atoms with E-state index in [1.807, 2.05) is 18.2 Å². The first-order valence-electron chi connectivity index (χ1n) is 18.7. The highest BCUT2D eigenvalue weighted by Crippen LogP contribution is 2.28. The van der Waals surface area contributed by atoms with Gasteiger partial charge in [0.15, 0.2) is 5.69 Å². The van der Waals surface area contributed by atoms with E-state index in [-0.39, 0.29) is 35.2 Å². The molecule has 2 saturated heterocycles. The van der Waals surface area contributed by atoms with Crippen molar-refractivity contribution >= 4 is 28.3 Å². The number of pyridine rings is 1. The first-order chi connectivity index (χ1) is 26.2. The van der Waals surface area contributed by atoms with Gasteiger partial charge in [0.1, 0.15) is 12.0 Å². The minimum Gasteiger partial charge on any atom is -0.397 e. The van der Waals surface area contributed by atoms with E-state index in [2.05, 4.69) is 37.6 Å². The van der Waals surface area contributed by atoms with Crippen LogP contribution in [0.2, 0.25) is 0 Å². The van der Waals surface area contributed by atoms with Crippen LogP contribution in [0.4, 0.5) is 10.1 Å². The molecule has 0 bridgehead atoms. The number of fused-ring (bicyclic) bond motifs is 1. The maximum atomic E-state index is 14.9. The van der Waals surface area contributed by atoms with E-state index in [9.17, 15) is 23.9 Å². The van der Waals surface area contributed by atoms with Crippen molar-refractivity contribution in [2.75, 3.05) is 84.4 Å². The zero-order chi connectivity index (χ0) is 38.0. The average Bonchev–Trinajstić information content (AvgIpc) is 3.20. The van der Waals surface area contributed by atoms with Crippen molar-refractivity contribution in [1.82, 2.24) is 40.5 Å². The molecule has 0 radical (unpaired) electrons. The van der Waals surface area contributed by atoms with Crippen molar-refractivity contribution in [3.05, 3.63) is 99.0 Å². The summed E-state index contributed by atoms with van der Waals surface area (Å²) < 4.78 is 20.6. The number of hydrogen-bond donors (Lipinski definition) is 5. The van der Waals surface area contributed by atoms with E-state index in [1.54, 1.807) is 40.3 Å². The number of ether oxygens (including phenoxy) is 1. The van der Waals surface area contributed by atoms with Gasteiger partial charge in [-0.2, -0.15) is 5.10 Å². The van der Waals surface area contributed by atoms with Crippen LogP contribution in [-0.2, 0) is 16.0 Å². The van der Waals surface area contributed by atoms with E-state index in [0.717, 1.165) is 49.0 Å². The number of aliphatic hydroxyl groups is 1. The Bertz CT molecular complexity index is 1970. The summed E-state index contributed by atoms with van der Waals surface area (Å²) in [5, 5.41) is 25.0. The summed E-state index contributed by atoms with van der Waals surface area (Å²) in [5.74, 6) is -0.571. The predicted molar refractivity (Wildman–Crippen MR) is 203 cm³/mol. The Labute approximate surface area is 313 Å². The van der Waals surface area contributed by atoms with Crippen LogP contribution >= 0.6 is 0 Å². The Morgan fingerprint density at radius 1 is 1.07 bits per heavy atom. The maximum Gasteiger partial charge on any atom is 0.272 e. The van der Waals surface area contributed by atoms with Crippen LogP contribution in [-0.4, -0.2) is 125 Å². The van der Waals surface area contributed by atoms with Crippen molar-refractivity contribution < 1.29 is 23.8 Å². The van der Waals surface area contributed by atoms with Gasteiger partial charge in [-0.05, 0) is 67.2 Å². The second-order valence-electron chi connectivity index (χ2n) is 13.9. The number of aliphatic hydroxyl groups excluding tert-OH is 1. The molecule has 6 rings (SSSR count). The molecule has 2 aliphatic heterocycles. The zero-order valence-corrected chi connectivity index (χ0v) is 30.7. The molecule has 2 unspecified atom stereocenters. The molecule has 0 aliphatic carbocycles. The Kier molecular flexibility index (Phi) is 13.3. The number of hydrogen-bond acceptors (Lipinski definition) is 11. The number of likely N-dealkylation sites (N-methyl/N-ethyl adjacent to an activating group) is 1. The molecule has 2 fully saturated rings. The summed E-state index contributed by atoms with van der Waals surface area (Å²) in [5.41, 5.74) is 9.12. The number of piperazine rings is 1. The van der Waals surface area contributed by atoms with Crippen LogP contribution in [0.5, 0.6) is 0 Å². The Morgan fingerprint density at radius 3 is 2.63 bits per heavy atom. The summed E-state index contributed by atoms with van der Waals surface area (Å²) >= 11 is 0. The number of H-pyrrole nitrogens is 1. The third-order valence-corrected chi connectivity index (χ3v) is 10.3. The molecule has 288 valence electrons. The maximum absolute atomic E-state index is 14.9. The largest absolute Gasteiger partial charge is 0.397 e. The molecule has 15 heteroatoms. The molecule has 6 N–H and O–H groups in total. The SMILES string of the molecule is CCN1CCCC(c2cnc(C(=O)NCCOCCNCC(=O)N3CCN(C(O)c4cc(Cc5n[nH]c(=O)c6ccccc56)ccc4F)CC3)c(N)c2)C1. The molecule has 54 heavy (non-hydrogen) atoms. The summed E-state index contributed by atoms with van der Waals surface area (Å²) in [6, 6.07) is 13.7. The standard InChI is InChI=1S/C39H50FN9O5/c1-2-47-13-5-6-27(25-47)28-22-33(41)36(44-23-28)38(52)43-12-19-54-18-11-42-24-35(50)48-14-16-49(17-15-48)39(53)31-20-26(9-10-32(31)40)21-34-29-7-3-4-8-30(29)37(51)46-45-34/h3-4,7-10,20,22-23,27,39,42,53H,2,5-6,11-19,21,24-25,41H2,1H3,(H,43,52)(H,46,51). The number of nitrogens with two attached hydrogens (primary N) is 1. The van der Waals surface area contributed by atoms with E-state index in [1.165, 1.54) is 6.07 Å². The van der Waals surface area contributed by atoms with Crippen LogP contribution in [0.1, 0.15) is 64.8 Å². The smallest absolute Gasteiger partial charge is 0.272 e. The number of anilines is 1. The topological polar surface area (TPSA) is 182 Å². The summed E-state index contributed by atoms with van der Waals surface area (Å²) in [6.07, 6.45) is 3.15. The van der Waals surface area contributed by atoms with Crippen molar-refractivity contribution in [2.45, 2.75) is 38.3 Å². The first-order valence-corrected chi connectivity index (χ1v) is 18.7. The Balaban J connectivity index is 0.868. The highest BCUT2D eigenvalue weighted by atomic mass is 19.1. The van der Waals surface area contributed by atoms with Gasteiger partial charge in [-0.15, -0.1) is 0 Å². The fourth-order valence-corrected chi connectivity index (χ4v) is 7.21. The van der Waals surface area contributed by atoms with Crippen molar-refractivity contribution in [3.63, 3.8) is 0 Å². The van der Waals surface area contributed by atoms with Crippen molar-refractivity contribution in [2.24, 2.45) is 0 Å². The van der Waals surface area contributed by atoms with Gasteiger partial charge in [-0.1, -0.05) is 31.2 Å². The molecule has 4 heterocycles. The number of carbonyl (C=O) groups is 2. The fraction of sp³-hybridized carbons (Fsp3) is 0.462. The summed E-state index contributed by atoms with van der Waals surface area (Å²) in [7, 11) is 0. The molecule has 2 amide bonds. The molecule has 0 saturated carbocycles. The van der Waals surface area contributed by atoms with Gasteiger partial charge < -0.3 is 36.0 Å². The Hall–Kier alpha value is -4.80. The number of halogens is 1. The third kappa shape index (κ3) is 9.65. The van der Waals surface area contributed by atoms with Crippen LogP contribution in [0, 0.1) is 5.82 Å². The van der Waals surface area contributed by atoms with E-state index < -0.39 is 12.0 Å². The number of aromatic amines is 1. The molecule has 4 aromatic rings. The van der Waals surface area contributed by atoms with Crippen LogP contribution < -0.4 is 21.9 Å². The number of nitrogen functional groups attached to an aromatic ring is 1. The van der Waals surface area contributed by atoms with Gasteiger partial charge in [0.05, 0.1) is 36.5 Å². The molecule has 0 spiro atoms. The minimum atomic E-state index is -1.18. The van der Waals surface area contributed by atoms with Gasteiger partial charge in [-0.3, -0.25) is 19.3 Å². The van der Waals surface area contributed by atoms with E-state index in [0.29, 0.717) is 81.6 Å². The molecule has 2 aromatic heterocycles. The molecule has 2 aromatic carbocycles. The molecular formula is C39H50FN9O5. The summed E-state index contributed by atoms with van der Waals surface area (Å²) in [6.45, 7) is 8.33. The fourth-order valence-electron chi connectivity index (χ4n) is 7.21. The zero-order valence-electron chi connectivity index (χ0n) is 30.7. The van der Waals surface area contributed by atoms with Crippen LogP contribution in [0.25, 0.3) is 10.8 Å². The van der Waals surface area contributed by atoms with Gasteiger partial charge >= 0.3 is 0 Å². The van der Waals surface area contributed by atoms with E-state index >= 15 is 0 Å². The number of amides is 2. The highest BCUT2D eigenvalue weighted by molar-refractivity contribution is 5.97. The van der Waals surface area contributed by atoms with Crippen molar-refractivity contribution in [3.8, 4) is 0 Å². The van der Waals surface area contributed by atoms with E-state index in [4.69, 9.17) is 10.5 Å². The summed E-state index contributed by atoms with van der Waals surface area (Å²) in [4.78, 5) is 47.9. The Morgan fingerprint density at radius 2 is 1.85 bits per heavy atom. The number of nitrogens with one attached hydrogen (secondary N) is 3. The minimum absolute atomic E-state index is 0.0764. The number of piperidine rings is 1. The quantitative estimate of drug-likeness (QED) is 0.112.